The molecule has 1 aliphatic carbocycles. The first-order valence-corrected chi connectivity index (χ1v) is 6.12. The third kappa shape index (κ3) is 1.61. The fourth-order valence-corrected chi connectivity index (χ4v) is 3.02. The molecule has 3 rings (SSSR count). The summed E-state index contributed by atoms with van der Waals surface area (Å²) in [6.45, 7) is 2.89. The van der Waals surface area contributed by atoms with E-state index in [-0.39, 0.29) is 6.03 Å². The van der Waals surface area contributed by atoms with Gasteiger partial charge in [0.25, 0.3) is 0 Å². The lowest BCUT2D eigenvalue weighted by molar-refractivity contribution is 0.171. The zero-order valence-electron chi connectivity index (χ0n) is 9.04. The van der Waals surface area contributed by atoms with Crippen LogP contribution in [0.4, 0.5) is 4.79 Å². The van der Waals surface area contributed by atoms with Gasteiger partial charge in [0.05, 0.1) is 12.1 Å². The number of urea groups is 1. The zero-order chi connectivity index (χ0) is 10.3. The van der Waals surface area contributed by atoms with Crippen LogP contribution in [0.1, 0.15) is 25.7 Å². The quantitative estimate of drug-likeness (QED) is 0.697. The second-order valence-electron chi connectivity index (χ2n) is 5.06. The average Bonchev–Trinajstić information content (AvgIpc) is 2.72. The summed E-state index contributed by atoms with van der Waals surface area (Å²) in [4.78, 5) is 13.8. The van der Waals surface area contributed by atoms with Crippen LogP contribution in [0, 0.1) is 5.92 Å². The van der Waals surface area contributed by atoms with E-state index >= 15 is 0 Å². The number of carbonyl (C=O) groups excluding carboxylic acids is 1. The molecule has 3 aliphatic rings. The summed E-state index contributed by atoms with van der Waals surface area (Å²) >= 11 is 0. The Morgan fingerprint density at radius 1 is 1.20 bits per heavy atom. The molecule has 0 radical (unpaired) electrons. The molecule has 15 heavy (non-hydrogen) atoms. The van der Waals surface area contributed by atoms with Gasteiger partial charge in [-0.1, -0.05) is 12.8 Å². The molecule has 2 aliphatic heterocycles. The van der Waals surface area contributed by atoms with Gasteiger partial charge in [-0.25, -0.2) is 4.79 Å². The third-order valence-electron chi connectivity index (χ3n) is 4.13. The second kappa shape index (κ2) is 3.67. The Morgan fingerprint density at radius 2 is 1.93 bits per heavy atom. The summed E-state index contributed by atoms with van der Waals surface area (Å²) in [5.41, 5.74) is 0. The minimum atomic E-state index is 0.165. The fourth-order valence-electron chi connectivity index (χ4n) is 3.02. The molecule has 4 nitrogen and oxygen atoms in total. The number of amides is 2. The van der Waals surface area contributed by atoms with E-state index in [2.05, 4.69) is 10.6 Å². The van der Waals surface area contributed by atoms with Crippen molar-refractivity contribution in [1.82, 2.24) is 15.5 Å². The number of hydrogen-bond acceptors (Lipinski definition) is 2. The van der Waals surface area contributed by atoms with Gasteiger partial charge in [0.15, 0.2) is 0 Å². The maximum absolute atomic E-state index is 11.8. The van der Waals surface area contributed by atoms with Crippen LogP contribution < -0.4 is 10.6 Å². The van der Waals surface area contributed by atoms with Gasteiger partial charge in [0.2, 0.25) is 0 Å². The van der Waals surface area contributed by atoms with Gasteiger partial charge in [-0.15, -0.1) is 0 Å². The lowest BCUT2D eigenvalue weighted by atomic mass is 9.98. The van der Waals surface area contributed by atoms with Crippen LogP contribution in [-0.4, -0.2) is 42.6 Å². The minimum absolute atomic E-state index is 0.165. The lowest BCUT2D eigenvalue weighted by Crippen LogP contribution is -2.57. The highest BCUT2D eigenvalue weighted by molar-refractivity contribution is 5.77. The summed E-state index contributed by atoms with van der Waals surface area (Å²) in [5, 5.41) is 6.38. The topological polar surface area (TPSA) is 44.4 Å². The van der Waals surface area contributed by atoms with Crippen molar-refractivity contribution < 1.29 is 4.79 Å². The number of rotatable bonds is 2. The van der Waals surface area contributed by atoms with Crippen molar-refractivity contribution in [2.45, 2.75) is 37.8 Å². The van der Waals surface area contributed by atoms with Gasteiger partial charge in [-0.2, -0.15) is 0 Å². The lowest BCUT2D eigenvalue weighted by Gasteiger charge is -2.34. The van der Waals surface area contributed by atoms with E-state index in [0.29, 0.717) is 12.1 Å². The largest absolute Gasteiger partial charge is 0.333 e. The molecule has 2 saturated heterocycles. The summed E-state index contributed by atoms with van der Waals surface area (Å²) in [5.74, 6) is 0.743. The molecule has 1 saturated carbocycles. The smallest absolute Gasteiger partial charge is 0.318 e. The van der Waals surface area contributed by atoms with Crippen molar-refractivity contribution in [1.29, 1.82) is 0 Å². The summed E-state index contributed by atoms with van der Waals surface area (Å²) in [6.07, 6.45) is 5.31. The van der Waals surface area contributed by atoms with Gasteiger partial charge in [-0.3, -0.25) is 0 Å². The Morgan fingerprint density at radius 3 is 2.53 bits per heavy atom. The predicted octanol–water partition coefficient (Wildman–Crippen LogP) is 0.542. The Kier molecular flexibility index (Phi) is 2.31. The first-order valence-electron chi connectivity index (χ1n) is 6.12. The van der Waals surface area contributed by atoms with Crippen molar-refractivity contribution >= 4 is 6.03 Å². The minimum Gasteiger partial charge on any atom is -0.333 e. The SMILES string of the molecule is O=C1NC(C2CCCC2)CN1C1CNC1. The standard InChI is InChI=1S/C11H19N3O/c15-11-13-10(8-3-1-2-4-8)7-14(11)9-5-12-6-9/h8-10,12H,1-7H2,(H,13,15). The van der Waals surface area contributed by atoms with E-state index in [1.54, 1.807) is 0 Å². The van der Waals surface area contributed by atoms with Crippen LogP contribution in [0.5, 0.6) is 0 Å². The molecule has 0 spiro atoms. The van der Waals surface area contributed by atoms with Crippen LogP contribution in [0.2, 0.25) is 0 Å². The predicted molar refractivity (Wildman–Crippen MR) is 57.6 cm³/mol. The molecule has 2 amide bonds. The van der Waals surface area contributed by atoms with Crippen molar-refractivity contribution in [3.63, 3.8) is 0 Å². The van der Waals surface area contributed by atoms with Crippen LogP contribution in [0.3, 0.4) is 0 Å². The first kappa shape index (κ1) is 9.46. The maximum atomic E-state index is 11.8. The molecule has 1 unspecified atom stereocenters. The summed E-state index contributed by atoms with van der Waals surface area (Å²) < 4.78 is 0. The molecular formula is C11H19N3O. The van der Waals surface area contributed by atoms with Gasteiger partial charge in [0, 0.05) is 19.6 Å². The number of nitrogens with one attached hydrogen (secondary N) is 2. The van der Waals surface area contributed by atoms with E-state index in [4.69, 9.17) is 0 Å². The van der Waals surface area contributed by atoms with Crippen LogP contribution in [-0.2, 0) is 0 Å². The molecule has 0 aromatic heterocycles. The third-order valence-corrected chi connectivity index (χ3v) is 4.13. The number of carbonyl (C=O) groups is 1. The molecule has 84 valence electrons. The molecule has 3 fully saturated rings. The molecule has 0 bridgehead atoms. The van der Waals surface area contributed by atoms with Gasteiger partial charge >= 0.3 is 6.03 Å². The van der Waals surface area contributed by atoms with E-state index in [0.717, 1.165) is 25.6 Å². The van der Waals surface area contributed by atoms with E-state index < -0.39 is 0 Å². The molecule has 0 aromatic carbocycles. The summed E-state index contributed by atoms with van der Waals surface area (Å²) in [7, 11) is 0. The highest BCUT2D eigenvalue weighted by Crippen LogP contribution is 2.30. The van der Waals surface area contributed by atoms with Crippen molar-refractivity contribution in [3.8, 4) is 0 Å². The zero-order valence-corrected chi connectivity index (χ0v) is 9.04. The molecule has 2 heterocycles. The molecule has 4 heteroatoms. The fraction of sp³-hybridized carbons (Fsp3) is 0.909. The van der Waals surface area contributed by atoms with Gasteiger partial charge < -0.3 is 15.5 Å². The van der Waals surface area contributed by atoms with Crippen molar-refractivity contribution in [2.75, 3.05) is 19.6 Å². The molecule has 2 N–H and O–H groups in total. The Balaban J connectivity index is 1.61. The first-order chi connectivity index (χ1) is 7.34. The Hall–Kier alpha value is -0.770. The Bertz CT molecular complexity index is 259. The highest BCUT2D eigenvalue weighted by Gasteiger charge is 2.39. The van der Waals surface area contributed by atoms with Gasteiger partial charge in [0.1, 0.15) is 0 Å². The maximum Gasteiger partial charge on any atom is 0.318 e. The van der Waals surface area contributed by atoms with Crippen LogP contribution >= 0.6 is 0 Å². The number of hydrogen-bond donors (Lipinski definition) is 2. The van der Waals surface area contributed by atoms with Gasteiger partial charge in [-0.05, 0) is 18.8 Å². The Labute approximate surface area is 90.4 Å². The van der Waals surface area contributed by atoms with E-state index in [1.165, 1.54) is 25.7 Å². The molecule has 1 atom stereocenters. The van der Waals surface area contributed by atoms with E-state index in [9.17, 15) is 4.79 Å². The number of nitrogens with zero attached hydrogens (tertiary/aromatic N) is 1. The molecular weight excluding hydrogens is 190 g/mol. The summed E-state index contributed by atoms with van der Waals surface area (Å²) in [6, 6.07) is 1.05. The van der Waals surface area contributed by atoms with Crippen LogP contribution in [0.15, 0.2) is 0 Å². The van der Waals surface area contributed by atoms with Crippen molar-refractivity contribution in [3.05, 3.63) is 0 Å². The monoisotopic (exact) mass is 209 g/mol. The second-order valence-corrected chi connectivity index (χ2v) is 5.06. The van der Waals surface area contributed by atoms with Crippen LogP contribution in [0.25, 0.3) is 0 Å². The highest BCUT2D eigenvalue weighted by atomic mass is 16.2. The normalized spacial score (nSPS) is 33.2. The molecule has 0 aromatic rings. The van der Waals surface area contributed by atoms with Crippen molar-refractivity contribution in [2.24, 2.45) is 5.92 Å². The van der Waals surface area contributed by atoms with E-state index in [1.807, 2.05) is 4.90 Å². The average molecular weight is 209 g/mol.